The van der Waals surface area contributed by atoms with Crippen LogP contribution in [0.3, 0.4) is 0 Å². The number of benzene rings is 1. The normalized spacial score (nSPS) is 10.0. The molecule has 0 fully saturated rings. The summed E-state index contributed by atoms with van der Waals surface area (Å²) in [7, 11) is 0. The minimum atomic E-state index is 0.505. The molecule has 0 amide bonds. The molecule has 0 bridgehead atoms. The van der Waals surface area contributed by atoms with Gasteiger partial charge < -0.3 is 4.98 Å². The summed E-state index contributed by atoms with van der Waals surface area (Å²) >= 11 is 0. The van der Waals surface area contributed by atoms with E-state index in [1.807, 2.05) is 31.3 Å². The molecule has 2 heteroatoms. The molecular formula is C12H10N2. The highest BCUT2D eigenvalue weighted by molar-refractivity contribution is 5.97. The van der Waals surface area contributed by atoms with Crippen molar-refractivity contribution in [1.29, 1.82) is 5.26 Å². The minimum Gasteiger partial charge on any atom is -0.361 e. The van der Waals surface area contributed by atoms with Gasteiger partial charge in [-0.15, -0.1) is 0 Å². The third kappa shape index (κ3) is 1.11. The Morgan fingerprint density at radius 3 is 3.00 bits per heavy atom. The van der Waals surface area contributed by atoms with Crippen molar-refractivity contribution in [2.45, 2.75) is 6.92 Å². The number of aromatic nitrogens is 1. The van der Waals surface area contributed by atoms with Crippen LogP contribution in [0.2, 0.25) is 0 Å². The number of allylic oxidation sites excluding steroid dienone is 1. The molecule has 0 saturated carbocycles. The fourth-order valence-corrected chi connectivity index (χ4v) is 1.67. The lowest BCUT2D eigenvalue weighted by molar-refractivity contribution is 1.46. The largest absolute Gasteiger partial charge is 0.361 e. The van der Waals surface area contributed by atoms with Gasteiger partial charge in [-0.1, -0.05) is 18.7 Å². The zero-order valence-corrected chi connectivity index (χ0v) is 7.96. The van der Waals surface area contributed by atoms with Crippen molar-refractivity contribution >= 4 is 16.5 Å². The molecule has 1 aromatic carbocycles. The van der Waals surface area contributed by atoms with E-state index >= 15 is 0 Å². The second-order valence-electron chi connectivity index (χ2n) is 3.29. The van der Waals surface area contributed by atoms with Gasteiger partial charge in [0.25, 0.3) is 0 Å². The molecule has 14 heavy (non-hydrogen) atoms. The molecule has 0 radical (unpaired) electrons. The molecule has 0 unspecified atom stereocenters. The molecule has 1 N–H and O–H groups in total. The second-order valence-corrected chi connectivity index (χ2v) is 3.29. The number of hydrogen-bond acceptors (Lipinski definition) is 1. The van der Waals surface area contributed by atoms with Crippen molar-refractivity contribution in [3.05, 3.63) is 42.1 Å². The molecule has 2 nitrogen and oxygen atoms in total. The summed E-state index contributed by atoms with van der Waals surface area (Å²) in [6, 6.07) is 8.09. The first-order valence-electron chi connectivity index (χ1n) is 4.40. The van der Waals surface area contributed by atoms with E-state index in [4.69, 9.17) is 5.26 Å². The van der Waals surface area contributed by atoms with E-state index in [1.54, 1.807) is 0 Å². The van der Waals surface area contributed by atoms with Gasteiger partial charge in [0, 0.05) is 22.7 Å². The molecule has 0 spiro atoms. The molecule has 0 aliphatic heterocycles. The maximum atomic E-state index is 8.79. The minimum absolute atomic E-state index is 0.505. The Balaban J connectivity index is 2.81. The summed E-state index contributed by atoms with van der Waals surface area (Å²) in [6.07, 6.45) is 1.84. The highest BCUT2D eigenvalue weighted by atomic mass is 14.7. The lowest BCUT2D eigenvalue weighted by atomic mass is 10.0. The third-order valence-corrected chi connectivity index (χ3v) is 2.37. The molecule has 1 heterocycles. The van der Waals surface area contributed by atoms with Gasteiger partial charge >= 0.3 is 0 Å². The summed E-state index contributed by atoms with van der Waals surface area (Å²) in [5, 5.41) is 9.89. The predicted octanol–water partition coefficient (Wildman–Crippen LogP) is 3.01. The summed E-state index contributed by atoms with van der Waals surface area (Å²) in [5.41, 5.74) is 3.62. The van der Waals surface area contributed by atoms with E-state index in [0.29, 0.717) is 5.57 Å². The van der Waals surface area contributed by atoms with Gasteiger partial charge in [-0.05, 0) is 18.6 Å². The highest BCUT2D eigenvalue weighted by Gasteiger charge is 2.07. The Morgan fingerprint density at radius 1 is 1.50 bits per heavy atom. The molecule has 0 saturated heterocycles. The Kier molecular flexibility index (Phi) is 1.86. The number of hydrogen-bond donors (Lipinski definition) is 1. The van der Waals surface area contributed by atoms with Crippen molar-refractivity contribution in [3.8, 4) is 6.07 Å². The molecule has 2 aromatic rings. The highest BCUT2D eigenvalue weighted by Crippen LogP contribution is 2.26. The summed E-state index contributed by atoms with van der Waals surface area (Å²) in [5.74, 6) is 0. The van der Waals surface area contributed by atoms with Crippen LogP contribution in [0.5, 0.6) is 0 Å². The number of nitrogens with zero attached hydrogens (tertiary/aromatic N) is 1. The van der Waals surface area contributed by atoms with Crippen LogP contribution in [-0.4, -0.2) is 4.98 Å². The van der Waals surface area contributed by atoms with Crippen LogP contribution in [0.15, 0.2) is 31.0 Å². The van der Waals surface area contributed by atoms with E-state index in [1.165, 1.54) is 0 Å². The van der Waals surface area contributed by atoms with Crippen LogP contribution >= 0.6 is 0 Å². The third-order valence-electron chi connectivity index (χ3n) is 2.37. The second kappa shape index (κ2) is 3.04. The summed E-state index contributed by atoms with van der Waals surface area (Å²) in [6.45, 7) is 5.76. The molecule has 0 aliphatic carbocycles. The number of rotatable bonds is 1. The quantitative estimate of drug-likeness (QED) is 0.676. The number of aryl methyl sites for hydroxylation is 1. The van der Waals surface area contributed by atoms with E-state index in [0.717, 1.165) is 22.0 Å². The first kappa shape index (κ1) is 8.58. The monoisotopic (exact) mass is 182 g/mol. The maximum Gasteiger partial charge on any atom is 0.0992 e. The zero-order valence-electron chi connectivity index (χ0n) is 7.96. The first-order chi connectivity index (χ1) is 6.74. The Labute approximate surface area is 82.5 Å². The molecule has 68 valence electrons. The fraction of sp³-hybridized carbons (Fsp3) is 0.0833. The average molecular weight is 182 g/mol. The van der Waals surface area contributed by atoms with Gasteiger partial charge in [-0.3, -0.25) is 0 Å². The maximum absolute atomic E-state index is 8.79. The van der Waals surface area contributed by atoms with Gasteiger partial charge in [-0.25, -0.2) is 0 Å². The lowest BCUT2D eigenvalue weighted by Crippen LogP contribution is -1.79. The zero-order chi connectivity index (χ0) is 10.1. The van der Waals surface area contributed by atoms with Crippen LogP contribution in [0.25, 0.3) is 16.5 Å². The fourth-order valence-electron chi connectivity index (χ4n) is 1.67. The molecule has 0 aliphatic rings. The van der Waals surface area contributed by atoms with Crippen molar-refractivity contribution < 1.29 is 0 Å². The van der Waals surface area contributed by atoms with E-state index in [9.17, 15) is 0 Å². The lowest BCUT2D eigenvalue weighted by Gasteiger charge is -1.98. The smallest absolute Gasteiger partial charge is 0.0992 e. The van der Waals surface area contributed by atoms with Crippen LogP contribution in [0.1, 0.15) is 11.1 Å². The van der Waals surface area contributed by atoms with E-state index in [2.05, 4.69) is 17.6 Å². The van der Waals surface area contributed by atoms with Crippen molar-refractivity contribution in [1.82, 2.24) is 4.98 Å². The van der Waals surface area contributed by atoms with Crippen LogP contribution in [0.4, 0.5) is 0 Å². The van der Waals surface area contributed by atoms with Gasteiger partial charge in [0.1, 0.15) is 0 Å². The number of H-pyrrole nitrogens is 1. The van der Waals surface area contributed by atoms with Gasteiger partial charge in [0.2, 0.25) is 0 Å². The average Bonchev–Trinajstić information content (AvgIpc) is 2.62. The number of nitriles is 1. The molecule has 0 atom stereocenters. The Hall–Kier alpha value is -2.01. The van der Waals surface area contributed by atoms with Crippen LogP contribution in [-0.2, 0) is 0 Å². The van der Waals surface area contributed by atoms with Crippen LogP contribution < -0.4 is 0 Å². The number of aromatic amines is 1. The standard InChI is InChI=1S/C12H10N2/c1-8-4-3-5-11-12(8)10(7-14-11)9(2)6-13/h3-5,7,14H,2H2,1H3. The van der Waals surface area contributed by atoms with Crippen molar-refractivity contribution in [2.75, 3.05) is 0 Å². The van der Waals surface area contributed by atoms with Gasteiger partial charge in [0.15, 0.2) is 0 Å². The van der Waals surface area contributed by atoms with Gasteiger partial charge in [0.05, 0.1) is 11.6 Å². The Bertz CT molecular complexity index is 541. The SMILES string of the molecule is C=C(C#N)c1c[nH]c2cccc(C)c12. The summed E-state index contributed by atoms with van der Waals surface area (Å²) in [4.78, 5) is 3.13. The molecule has 2 rings (SSSR count). The van der Waals surface area contributed by atoms with Gasteiger partial charge in [-0.2, -0.15) is 5.26 Å². The first-order valence-corrected chi connectivity index (χ1v) is 4.40. The van der Waals surface area contributed by atoms with Crippen molar-refractivity contribution in [3.63, 3.8) is 0 Å². The predicted molar refractivity (Wildman–Crippen MR) is 57.7 cm³/mol. The summed E-state index contributed by atoms with van der Waals surface area (Å²) < 4.78 is 0. The van der Waals surface area contributed by atoms with Crippen molar-refractivity contribution in [2.24, 2.45) is 0 Å². The number of fused-ring (bicyclic) bond motifs is 1. The topological polar surface area (TPSA) is 39.6 Å². The molecule has 1 aromatic heterocycles. The Morgan fingerprint density at radius 2 is 2.29 bits per heavy atom. The van der Waals surface area contributed by atoms with Crippen LogP contribution in [0, 0.1) is 18.3 Å². The van der Waals surface area contributed by atoms with E-state index < -0.39 is 0 Å². The number of nitrogens with one attached hydrogen (secondary N) is 1. The van der Waals surface area contributed by atoms with E-state index in [-0.39, 0.29) is 0 Å². The molecular weight excluding hydrogens is 172 g/mol.